The lowest BCUT2D eigenvalue weighted by Crippen LogP contribution is -2.36. The van der Waals surface area contributed by atoms with Gasteiger partial charge in [0.05, 0.1) is 62.0 Å². The normalized spacial score (nSPS) is 20.4. The Morgan fingerprint density at radius 1 is 0.816 bits per heavy atom. The van der Waals surface area contributed by atoms with Gasteiger partial charge in [-0.2, -0.15) is 0 Å². The Labute approximate surface area is 284 Å². The summed E-state index contributed by atoms with van der Waals surface area (Å²) in [5.74, 6) is 2.32. The summed E-state index contributed by atoms with van der Waals surface area (Å²) in [6.07, 6.45) is 11.3. The first-order valence-corrected chi connectivity index (χ1v) is 16.6. The molecular formula is C38H37N5O6. The van der Waals surface area contributed by atoms with Crippen molar-refractivity contribution in [3.05, 3.63) is 83.1 Å². The van der Waals surface area contributed by atoms with Crippen LogP contribution in [-0.2, 0) is 0 Å². The molecule has 0 aromatic heterocycles. The first-order chi connectivity index (χ1) is 23.9. The number of hydrogen-bond acceptors (Lipinski definition) is 9. The molecule has 49 heavy (non-hydrogen) atoms. The van der Waals surface area contributed by atoms with Crippen LogP contribution >= 0.6 is 0 Å². The van der Waals surface area contributed by atoms with E-state index >= 15 is 0 Å². The van der Waals surface area contributed by atoms with Gasteiger partial charge >= 0.3 is 0 Å². The minimum absolute atomic E-state index is 0.0526. The number of methoxy groups -OCH3 is 2. The van der Waals surface area contributed by atoms with Gasteiger partial charge in [0.2, 0.25) is 0 Å². The van der Waals surface area contributed by atoms with Gasteiger partial charge in [-0.15, -0.1) is 0 Å². The molecule has 11 nitrogen and oxygen atoms in total. The summed E-state index contributed by atoms with van der Waals surface area (Å²) in [6.45, 7) is 1.31. The van der Waals surface area contributed by atoms with E-state index in [0.29, 0.717) is 89.7 Å². The molecule has 2 amide bonds. The number of aliphatic imine (C=N–C) groups is 2. The fourth-order valence-electron chi connectivity index (χ4n) is 6.82. The third-order valence-electron chi connectivity index (χ3n) is 9.64. The highest BCUT2D eigenvalue weighted by atomic mass is 16.5. The molecule has 1 aliphatic carbocycles. The van der Waals surface area contributed by atoms with Gasteiger partial charge < -0.3 is 34.5 Å². The van der Waals surface area contributed by atoms with Gasteiger partial charge in [-0.3, -0.25) is 19.6 Å². The number of ether oxygens (including phenoxy) is 4. The summed E-state index contributed by atoms with van der Waals surface area (Å²) in [5.41, 5.74) is 12.0. The van der Waals surface area contributed by atoms with E-state index in [4.69, 9.17) is 24.7 Å². The molecule has 0 unspecified atom stereocenters. The maximum atomic E-state index is 13.7. The summed E-state index contributed by atoms with van der Waals surface area (Å²) in [5, 5.41) is 0. The number of carbonyl (C=O) groups excluding carboxylic acids is 2. The molecule has 8 rings (SSSR count). The molecule has 1 fully saturated rings. The summed E-state index contributed by atoms with van der Waals surface area (Å²) in [4.78, 5) is 40.1. The average molecular weight is 660 g/mol. The van der Waals surface area contributed by atoms with Crippen LogP contribution in [0.2, 0.25) is 0 Å². The predicted molar refractivity (Wildman–Crippen MR) is 187 cm³/mol. The van der Waals surface area contributed by atoms with Crippen LogP contribution in [0, 0.1) is 5.92 Å². The van der Waals surface area contributed by atoms with Crippen LogP contribution in [0.1, 0.15) is 52.0 Å². The van der Waals surface area contributed by atoms with Crippen LogP contribution in [0.15, 0.2) is 76.4 Å². The predicted octanol–water partition coefficient (Wildman–Crippen LogP) is 5.98. The number of fused-ring (bicyclic) bond motifs is 4. The number of amides is 2. The largest absolute Gasteiger partial charge is 0.493 e. The Hall–Kier alpha value is -5.58. The van der Waals surface area contributed by atoms with Gasteiger partial charge in [0.25, 0.3) is 11.8 Å². The summed E-state index contributed by atoms with van der Waals surface area (Å²) in [6, 6.07) is 14.2. The second-order valence-electron chi connectivity index (χ2n) is 12.8. The molecule has 250 valence electrons. The molecule has 5 aliphatic rings. The quantitative estimate of drug-likeness (QED) is 0.161. The molecule has 4 heterocycles. The van der Waals surface area contributed by atoms with Gasteiger partial charge in [0.15, 0.2) is 23.0 Å². The SMILES string of the molecule is COc1cc2c(cc1OCCCOc1cc3c(cc1OC)C(=O)N1CC(C4CC4)=C[C@H]1C=N3)N=C[C@@H]1CC(c3ccc(N)cc3)=CN1C2=O. The Morgan fingerprint density at radius 3 is 2.08 bits per heavy atom. The standard InChI is InChI=1S/C38H37N5O6/c1-46-33-14-29-31(40-18-27-12-24(22-4-5-22)20-42(27)37(29)44)16-35(33)48-10-3-11-49-36-17-32-30(15-34(36)47-2)38(45)43-21-25(13-28(43)19-41-32)23-6-8-26(39)9-7-23/h6-9,12,14-19,21-22,27-28H,3-5,10-11,13,20,39H2,1-2H3/t27-,28-/m0/s1. The number of nitrogens with two attached hydrogens (primary N) is 1. The van der Waals surface area contributed by atoms with E-state index in [-0.39, 0.29) is 23.9 Å². The van der Waals surface area contributed by atoms with Crippen LogP contribution in [0.4, 0.5) is 17.1 Å². The highest BCUT2D eigenvalue weighted by molar-refractivity contribution is 6.06. The third kappa shape index (κ3) is 5.79. The highest BCUT2D eigenvalue weighted by Gasteiger charge is 2.38. The lowest BCUT2D eigenvalue weighted by atomic mass is 10.0. The van der Waals surface area contributed by atoms with Crippen molar-refractivity contribution in [1.29, 1.82) is 0 Å². The number of benzene rings is 3. The molecule has 1 saturated carbocycles. The smallest absolute Gasteiger partial charge is 0.260 e. The van der Waals surface area contributed by atoms with Crippen molar-refractivity contribution in [2.45, 2.75) is 37.8 Å². The second kappa shape index (κ2) is 12.5. The zero-order valence-corrected chi connectivity index (χ0v) is 27.4. The molecule has 2 N–H and O–H groups in total. The molecule has 2 atom stereocenters. The monoisotopic (exact) mass is 659 g/mol. The Kier molecular flexibility index (Phi) is 7.82. The van der Waals surface area contributed by atoms with Gasteiger partial charge in [-0.25, -0.2) is 0 Å². The van der Waals surface area contributed by atoms with E-state index in [1.165, 1.54) is 18.4 Å². The first kappa shape index (κ1) is 30.7. The lowest BCUT2D eigenvalue weighted by molar-refractivity contribution is 0.0779. The minimum Gasteiger partial charge on any atom is -0.493 e. The summed E-state index contributed by atoms with van der Waals surface area (Å²) < 4.78 is 23.4. The van der Waals surface area contributed by atoms with Crippen molar-refractivity contribution in [2.24, 2.45) is 15.9 Å². The highest BCUT2D eigenvalue weighted by Crippen LogP contribution is 2.43. The van der Waals surface area contributed by atoms with Crippen LogP contribution < -0.4 is 24.7 Å². The first-order valence-electron chi connectivity index (χ1n) is 16.6. The van der Waals surface area contributed by atoms with Gasteiger partial charge in [-0.05, 0) is 59.7 Å². The number of hydrogen-bond donors (Lipinski definition) is 1. The van der Waals surface area contributed by atoms with Crippen molar-refractivity contribution in [1.82, 2.24) is 9.80 Å². The zero-order valence-electron chi connectivity index (χ0n) is 27.4. The third-order valence-corrected chi connectivity index (χ3v) is 9.64. The van der Waals surface area contributed by atoms with E-state index in [1.54, 1.807) is 43.4 Å². The van der Waals surface area contributed by atoms with Crippen LogP contribution in [-0.4, -0.2) is 80.1 Å². The molecule has 0 spiro atoms. The van der Waals surface area contributed by atoms with Crippen LogP contribution in [0.3, 0.4) is 0 Å². The van der Waals surface area contributed by atoms with Crippen molar-refractivity contribution in [2.75, 3.05) is 39.7 Å². The van der Waals surface area contributed by atoms with Crippen LogP contribution in [0.25, 0.3) is 5.57 Å². The van der Waals surface area contributed by atoms with Gasteiger partial charge in [0, 0.05) is 55.8 Å². The molecule has 3 aromatic carbocycles. The number of nitrogens with zero attached hydrogens (tertiary/aromatic N) is 4. The molecule has 11 heteroatoms. The number of carbonyl (C=O) groups is 2. The van der Waals surface area contributed by atoms with Crippen molar-refractivity contribution in [3.63, 3.8) is 0 Å². The topological polar surface area (TPSA) is 128 Å². The lowest BCUT2D eigenvalue weighted by Gasteiger charge is -2.21. The zero-order chi connectivity index (χ0) is 33.6. The number of nitrogen functional groups attached to an aromatic ring is 1. The molecule has 0 bridgehead atoms. The number of anilines is 1. The molecule has 0 radical (unpaired) electrons. The van der Waals surface area contributed by atoms with Crippen molar-refractivity contribution >= 4 is 46.9 Å². The van der Waals surface area contributed by atoms with Gasteiger partial charge in [-0.1, -0.05) is 18.2 Å². The maximum absolute atomic E-state index is 13.7. The van der Waals surface area contributed by atoms with E-state index in [0.717, 1.165) is 11.1 Å². The minimum atomic E-state index is -0.192. The molecule has 4 aliphatic heterocycles. The van der Waals surface area contributed by atoms with Crippen LogP contribution in [0.5, 0.6) is 23.0 Å². The Bertz CT molecular complexity index is 1960. The molecular weight excluding hydrogens is 622 g/mol. The molecule has 0 saturated heterocycles. The summed E-state index contributed by atoms with van der Waals surface area (Å²) in [7, 11) is 3.11. The van der Waals surface area contributed by atoms with E-state index in [1.807, 2.05) is 47.8 Å². The van der Waals surface area contributed by atoms with Crippen molar-refractivity contribution < 1.29 is 28.5 Å². The Balaban J connectivity index is 0.917. The average Bonchev–Trinajstić information content (AvgIpc) is 3.79. The second-order valence-corrected chi connectivity index (χ2v) is 12.8. The maximum Gasteiger partial charge on any atom is 0.260 e. The fraction of sp³-hybridized carbons (Fsp3) is 0.316. The number of rotatable bonds is 10. The van der Waals surface area contributed by atoms with E-state index < -0.39 is 0 Å². The fourth-order valence-corrected chi connectivity index (χ4v) is 6.82. The van der Waals surface area contributed by atoms with E-state index in [2.05, 4.69) is 16.1 Å². The molecule has 3 aromatic rings. The Morgan fingerprint density at radius 2 is 1.45 bits per heavy atom. The van der Waals surface area contributed by atoms with Crippen molar-refractivity contribution in [3.8, 4) is 23.0 Å². The van der Waals surface area contributed by atoms with E-state index in [9.17, 15) is 9.59 Å². The van der Waals surface area contributed by atoms with Gasteiger partial charge in [0.1, 0.15) is 0 Å². The summed E-state index contributed by atoms with van der Waals surface area (Å²) >= 11 is 0.